The van der Waals surface area contributed by atoms with E-state index in [1.165, 1.54) is 4.68 Å². The molecule has 4 aromatic rings. The average Bonchev–Trinajstić information content (AvgIpc) is 3.11. The highest BCUT2D eigenvalue weighted by Crippen LogP contribution is 2.32. The normalized spacial score (nSPS) is 10.9. The summed E-state index contributed by atoms with van der Waals surface area (Å²) in [5.74, 6) is 0.183. The molecule has 0 saturated heterocycles. The van der Waals surface area contributed by atoms with E-state index in [0.29, 0.717) is 29.5 Å². The number of benzene rings is 3. The summed E-state index contributed by atoms with van der Waals surface area (Å²) in [7, 11) is 0. The summed E-state index contributed by atoms with van der Waals surface area (Å²) in [5.41, 5.74) is 3.00. The van der Waals surface area contributed by atoms with Crippen LogP contribution in [0.1, 0.15) is 6.92 Å². The van der Waals surface area contributed by atoms with E-state index in [0.717, 1.165) is 15.6 Å². The first-order valence-electron chi connectivity index (χ1n) is 10.2. The second-order valence-electron chi connectivity index (χ2n) is 6.99. The summed E-state index contributed by atoms with van der Waals surface area (Å²) in [6.45, 7) is 2.71. The van der Waals surface area contributed by atoms with Crippen molar-refractivity contribution in [3.05, 3.63) is 88.1 Å². The molecule has 0 bridgehead atoms. The SMILES string of the molecule is CCOc1c(F)c(-c2ccccc2)nn1CCOc1ccc(-c2ccc(Br)cc2)cc1Cl. The van der Waals surface area contributed by atoms with Gasteiger partial charge in [0.1, 0.15) is 18.1 Å². The quantitative estimate of drug-likeness (QED) is 0.248. The number of aromatic nitrogens is 2. The molecule has 4 rings (SSSR count). The smallest absolute Gasteiger partial charge is 0.249 e. The molecule has 4 nitrogen and oxygen atoms in total. The summed E-state index contributed by atoms with van der Waals surface area (Å²) in [5, 5.41) is 4.92. The van der Waals surface area contributed by atoms with Crippen LogP contribution in [0.5, 0.6) is 11.6 Å². The fraction of sp³-hybridized carbons (Fsp3) is 0.160. The van der Waals surface area contributed by atoms with E-state index >= 15 is 0 Å². The zero-order valence-electron chi connectivity index (χ0n) is 17.4. The zero-order valence-corrected chi connectivity index (χ0v) is 19.7. The van der Waals surface area contributed by atoms with E-state index in [2.05, 4.69) is 21.0 Å². The maximum atomic E-state index is 14.9. The first kappa shape index (κ1) is 22.4. The first-order chi connectivity index (χ1) is 15.6. The molecular weight excluding hydrogens is 495 g/mol. The zero-order chi connectivity index (χ0) is 22.5. The van der Waals surface area contributed by atoms with E-state index < -0.39 is 5.82 Å². The molecule has 0 atom stereocenters. The number of hydrogen-bond donors (Lipinski definition) is 0. The third kappa shape index (κ3) is 4.97. The maximum absolute atomic E-state index is 14.9. The summed E-state index contributed by atoms with van der Waals surface area (Å²) in [4.78, 5) is 0. The summed E-state index contributed by atoms with van der Waals surface area (Å²) >= 11 is 9.88. The van der Waals surface area contributed by atoms with Crippen molar-refractivity contribution in [2.45, 2.75) is 13.5 Å². The molecule has 3 aromatic carbocycles. The Morgan fingerprint density at radius 1 is 0.938 bits per heavy atom. The Morgan fingerprint density at radius 3 is 2.34 bits per heavy atom. The van der Waals surface area contributed by atoms with E-state index in [4.69, 9.17) is 21.1 Å². The van der Waals surface area contributed by atoms with Crippen LogP contribution >= 0.6 is 27.5 Å². The van der Waals surface area contributed by atoms with Crippen molar-refractivity contribution < 1.29 is 13.9 Å². The molecular formula is C25H21BrClFN2O2. The molecule has 0 aliphatic rings. The highest BCUT2D eigenvalue weighted by molar-refractivity contribution is 9.10. The van der Waals surface area contributed by atoms with E-state index in [1.807, 2.05) is 79.7 Å². The molecule has 1 heterocycles. The third-order valence-electron chi connectivity index (χ3n) is 4.85. The fourth-order valence-corrected chi connectivity index (χ4v) is 3.81. The Kier molecular flexibility index (Phi) is 7.12. The molecule has 0 amide bonds. The van der Waals surface area contributed by atoms with Gasteiger partial charge in [-0.3, -0.25) is 0 Å². The van der Waals surface area contributed by atoms with Gasteiger partial charge in [0.2, 0.25) is 11.7 Å². The number of hydrogen-bond acceptors (Lipinski definition) is 3. The van der Waals surface area contributed by atoms with Crippen molar-refractivity contribution in [3.63, 3.8) is 0 Å². The number of nitrogens with zero attached hydrogens (tertiary/aromatic N) is 2. The van der Waals surface area contributed by atoms with Crippen LogP contribution in [0, 0.1) is 5.82 Å². The molecule has 0 radical (unpaired) electrons. The van der Waals surface area contributed by atoms with Gasteiger partial charge in [0.25, 0.3) is 0 Å². The summed E-state index contributed by atoms with van der Waals surface area (Å²) < 4.78 is 28.8. The van der Waals surface area contributed by atoms with Crippen LogP contribution in [0.2, 0.25) is 5.02 Å². The predicted molar refractivity (Wildman–Crippen MR) is 129 cm³/mol. The topological polar surface area (TPSA) is 36.3 Å². The lowest BCUT2D eigenvalue weighted by atomic mass is 10.1. The summed E-state index contributed by atoms with van der Waals surface area (Å²) in [6, 6.07) is 22.9. The Morgan fingerprint density at radius 2 is 1.66 bits per heavy atom. The van der Waals surface area contributed by atoms with Gasteiger partial charge in [0.15, 0.2) is 0 Å². The van der Waals surface area contributed by atoms with Crippen molar-refractivity contribution in [1.29, 1.82) is 0 Å². The molecule has 0 spiro atoms. The molecule has 164 valence electrons. The number of ether oxygens (including phenoxy) is 2. The molecule has 0 N–H and O–H groups in total. The second-order valence-corrected chi connectivity index (χ2v) is 8.31. The van der Waals surface area contributed by atoms with Gasteiger partial charge in [0.05, 0.1) is 18.2 Å². The Bertz CT molecular complexity index is 1200. The van der Waals surface area contributed by atoms with Crippen molar-refractivity contribution >= 4 is 27.5 Å². The van der Waals surface area contributed by atoms with Crippen LogP contribution in [-0.4, -0.2) is 23.0 Å². The van der Waals surface area contributed by atoms with Crippen LogP contribution in [0.3, 0.4) is 0 Å². The van der Waals surface area contributed by atoms with Crippen LogP contribution in [0.4, 0.5) is 4.39 Å². The van der Waals surface area contributed by atoms with Crippen molar-refractivity contribution in [3.8, 4) is 34.0 Å². The van der Waals surface area contributed by atoms with Gasteiger partial charge < -0.3 is 9.47 Å². The van der Waals surface area contributed by atoms with Gasteiger partial charge >= 0.3 is 0 Å². The lowest BCUT2D eigenvalue weighted by molar-refractivity contribution is 0.253. The minimum atomic E-state index is -0.477. The van der Waals surface area contributed by atoms with Crippen LogP contribution in [0.15, 0.2) is 77.3 Å². The second kappa shape index (κ2) is 10.2. The molecule has 0 saturated carbocycles. The monoisotopic (exact) mass is 514 g/mol. The molecule has 0 fully saturated rings. The van der Waals surface area contributed by atoms with Gasteiger partial charge in [0, 0.05) is 10.0 Å². The first-order valence-corrected chi connectivity index (χ1v) is 11.4. The standard InChI is InChI=1S/C25H21BrClFN2O2/c1-2-31-25-23(28)24(18-6-4-3-5-7-18)29-30(25)14-15-32-22-13-10-19(16-21(22)27)17-8-11-20(26)12-9-17/h3-13,16H,2,14-15H2,1H3. The van der Waals surface area contributed by atoms with Gasteiger partial charge in [-0.1, -0.05) is 76.1 Å². The number of halogens is 3. The Hall–Kier alpha value is -2.83. The van der Waals surface area contributed by atoms with Gasteiger partial charge in [-0.05, 0) is 42.3 Å². The fourth-order valence-electron chi connectivity index (χ4n) is 3.31. The van der Waals surface area contributed by atoms with Gasteiger partial charge in [-0.2, -0.15) is 9.49 Å². The summed E-state index contributed by atoms with van der Waals surface area (Å²) in [6.07, 6.45) is 0. The minimum absolute atomic E-state index is 0.103. The molecule has 1 aromatic heterocycles. The maximum Gasteiger partial charge on any atom is 0.249 e. The largest absolute Gasteiger partial charge is 0.490 e. The highest BCUT2D eigenvalue weighted by atomic mass is 79.9. The Labute approximate surface area is 199 Å². The van der Waals surface area contributed by atoms with Gasteiger partial charge in [-0.15, -0.1) is 0 Å². The van der Waals surface area contributed by atoms with Crippen molar-refractivity contribution in [2.24, 2.45) is 0 Å². The van der Waals surface area contributed by atoms with Crippen LogP contribution in [0.25, 0.3) is 22.4 Å². The lowest BCUT2D eigenvalue weighted by Crippen LogP contribution is -2.12. The molecule has 7 heteroatoms. The van der Waals surface area contributed by atoms with Gasteiger partial charge in [-0.25, -0.2) is 4.68 Å². The van der Waals surface area contributed by atoms with E-state index in [-0.39, 0.29) is 18.2 Å². The highest BCUT2D eigenvalue weighted by Gasteiger charge is 2.20. The third-order valence-corrected chi connectivity index (χ3v) is 5.67. The predicted octanol–water partition coefficient (Wildman–Crippen LogP) is 7.25. The van der Waals surface area contributed by atoms with Crippen LogP contribution in [-0.2, 0) is 6.54 Å². The van der Waals surface area contributed by atoms with E-state index in [1.54, 1.807) is 0 Å². The van der Waals surface area contributed by atoms with Crippen molar-refractivity contribution in [1.82, 2.24) is 9.78 Å². The van der Waals surface area contributed by atoms with Crippen molar-refractivity contribution in [2.75, 3.05) is 13.2 Å². The lowest BCUT2D eigenvalue weighted by Gasteiger charge is -2.11. The molecule has 0 aliphatic heterocycles. The number of rotatable bonds is 8. The Balaban J connectivity index is 1.48. The molecule has 32 heavy (non-hydrogen) atoms. The molecule has 0 aliphatic carbocycles. The average molecular weight is 516 g/mol. The molecule has 0 unspecified atom stereocenters. The van der Waals surface area contributed by atoms with E-state index in [9.17, 15) is 4.39 Å². The minimum Gasteiger partial charge on any atom is -0.490 e. The van der Waals surface area contributed by atoms with Crippen LogP contribution < -0.4 is 9.47 Å².